The van der Waals surface area contributed by atoms with E-state index in [-0.39, 0.29) is 18.8 Å². The first-order valence-corrected chi connectivity index (χ1v) is 15.3. The first-order valence-electron chi connectivity index (χ1n) is 13.8. The van der Waals surface area contributed by atoms with Crippen LogP contribution in [0.1, 0.15) is 56.6 Å². The van der Waals surface area contributed by atoms with Crippen molar-refractivity contribution in [3.63, 3.8) is 0 Å². The van der Waals surface area contributed by atoms with E-state index in [9.17, 15) is 13.7 Å². The molecule has 3 aliphatic rings. The molecule has 1 atom stereocenters. The summed E-state index contributed by atoms with van der Waals surface area (Å²) in [5, 5.41) is 11.1. The van der Waals surface area contributed by atoms with E-state index in [0.29, 0.717) is 37.1 Å². The Bertz CT molecular complexity index is 1460. The van der Waals surface area contributed by atoms with Crippen molar-refractivity contribution in [2.45, 2.75) is 63.2 Å². The van der Waals surface area contributed by atoms with E-state index in [1.807, 2.05) is 24.3 Å². The summed E-state index contributed by atoms with van der Waals surface area (Å²) in [4.78, 5) is 0. The number of rotatable bonds is 9. The fraction of sp³-hybridized carbons (Fsp3) is 0.483. The highest BCUT2D eigenvalue weighted by atomic mass is 32.2. The monoisotopic (exact) mass is 550 g/mol. The van der Waals surface area contributed by atoms with Crippen LogP contribution in [0.15, 0.2) is 42.5 Å². The molecule has 3 fully saturated rings. The highest BCUT2D eigenvalue weighted by Crippen LogP contribution is 2.43. The summed E-state index contributed by atoms with van der Waals surface area (Å²) in [5.41, 5.74) is 3.82. The van der Waals surface area contributed by atoms with E-state index in [1.54, 1.807) is 12.1 Å². The van der Waals surface area contributed by atoms with Gasteiger partial charge in [-0.25, -0.2) is 0 Å². The van der Waals surface area contributed by atoms with Gasteiger partial charge in [0.25, 0.3) is 10.2 Å². The maximum Gasteiger partial charge on any atom is 0.299 e. The predicted octanol–water partition coefficient (Wildman–Crippen LogP) is 4.89. The molecular formula is C29H34N4O5S. The lowest BCUT2D eigenvalue weighted by Crippen LogP contribution is -2.35. The maximum atomic E-state index is 12.6. The minimum absolute atomic E-state index is 0.0793. The quantitative estimate of drug-likeness (QED) is 0.392. The molecule has 2 aromatic carbocycles. The Hall–Kier alpha value is -3.10. The Morgan fingerprint density at radius 3 is 2.46 bits per heavy atom. The van der Waals surface area contributed by atoms with Crippen LogP contribution >= 0.6 is 0 Å². The van der Waals surface area contributed by atoms with E-state index >= 15 is 0 Å². The van der Waals surface area contributed by atoms with Crippen LogP contribution in [0.2, 0.25) is 0 Å². The van der Waals surface area contributed by atoms with Crippen molar-refractivity contribution in [1.82, 2.24) is 9.29 Å². The highest BCUT2D eigenvalue weighted by Gasteiger charge is 2.28. The van der Waals surface area contributed by atoms with Crippen LogP contribution in [-0.2, 0) is 19.7 Å². The fourth-order valence-electron chi connectivity index (χ4n) is 5.67. The van der Waals surface area contributed by atoms with Gasteiger partial charge in [0.05, 0.1) is 36.1 Å². The number of benzene rings is 2. The summed E-state index contributed by atoms with van der Waals surface area (Å²) in [6.07, 6.45) is 6.88. The van der Waals surface area contributed by atoms with Crippen LogP contribution < -0.4 is 14.2 Å². The molecule has 206 valence electrons. The zero-order chi connectivity index (χ0) is 26.8. The van der Waals surface area contributed by atoms with Crippen molar-refractivity contribution < 1.29 is 22.6 Å². The number of ether oxygens (including phenoxy) is 3. The molecule has 1 aliphatic carbocycles. The molecule has 1 unspecified atom stereocenters. The number of hydrogen-bond donors (Lipinski definition) is 2. The Kier molecular flexibility index (Phi) is 7.49. The van der Waals surface area contributed by atoms with E-state index in [0.717, 1.165) is 72.9 Å². The third-order valence-electron chi connectivity index (χ3n) is 7.93. The second kappa shape index (κ2) is 11.2. The van der Waals surface area contributed by atoms with Gasteiger partial charge in [0.2, 0.25) is 0 Å². The Morgan fingerprint density at radius 2 is 1.79 bits per heavy atom. The van der Waals surface area contributed by atoms with Gasteiger partial charge in [-0.1, -0.05) is 12.1 Å². The average Bonchev–Trinajstić information content (AvgIpc) is 3.54. The summed E-state index contributed by atoms with van der Waals surface area (Å²) < 4.78 is 49.8. The Labute approximate surface area is 229 Å². The number of hydrogen-bond acceptors (Lipinski definition) is 6. The third kappa shape index (κ3) is 5.63. The summed E-state index contributed by atoms with van der Waals surface area (Å²) >= 11 is 0. The van der Waals surface area contributed by atoms with E-state index in [2.05, 4.69) is 26.1 Å². The third-order valence-corrected chi connectivity index (χ3v) is 8.99. The minimum Gasteiger partial charge on any atom is -0.490 e. The largest absolute Gasteiger partial charge is 0.490 e. The lowest BCUT2D eigenvalue weighted by molar-refractivity contribution is 0.0256. The van der Waals surface area contributed by atoms with Crippen molar-refractivity contribution in [1.29, 1.82) is 5.26 Å². The van der Waals surface area contributed by atoms with Crippen molar-refractivity contribution in [2.75, 3.05) is 31.1 Å². The number of nitriles is 1. The number of nitrogens with zero attached hydrogens (tertiary/aromatic N) is 2. The van der Waals surface area contributed by atoms with Gasteiger partial charge in [-0.2, -0.15) is 18.4 Å². The first-order chi connectivity index (χ1) is 19.0. The average molecular weight is 551 g/mol. The summed E-state index contributed by atoms with van der Waals surface area (Å²) in [7, 11) is -3.73. The van der Waals surface area contributed by atoms with E-state index in [1.165, 1.54) is 0 Å². The Morgan fingerprint density at radius 1 is 1.00 bits per heavy atom. The molecule has 0 radical (unpaired) electrons. The fourth-order valence-corrected chi connectivity index (χ4v) is 6.59. The predicted molar refractivity (Wildman–Crippen MR) is 149 cm³/mol. The highest BCUT2D eigenvalue weighted by molar-refractivity contribution is 7.90. The standard InChI is InChI=1S/C29H34N4O5S/c30-18-27-26-11-10-24(38-23-12-15-36-16-13-23)17-28(26)33(22-3-1-4-22)29(27)20-6-8-21(9-7-20)32-39(34,35)31-19-25-5-2-14-37-25/h6-11,17,22-23,25,31-32H,1-5,12-16,19H2. The second-order valence-corrected chi connectivity index (χ2v) is 12.1. The van der Waals surface area contributed by atoms with E-state index in [4.69, 9.17) is 14.2 Å². The summed E-state index contributed by atoms with van der Waals surface area (Å²) in [6.45, 7) is 2.35. The van der Waals surface area contributed by atoms with Crippen LogP contribution in [0.5, 0.6) is 5.75 Å². The first kappa shape index (κ1) is 26.1. The van der Waals surface area contributed by atoms with Crippen LogP contribution in [0.25, 0.3) is 22.2 Å². The van der Waals surface area contributed by atoms with Gasteiger partial charge in [-0.15, -0.1) is 0 Å². The Balaban J connectivity index is 1.28. The van der Waals surface area contributed by atoms with Crippen LogP contribution in [0.3, 0.4) is 0 Å². The number of nitrogens with one attached hydrogen (secondary N) is 2. The lowest BCUT2D eigenvalue weighted by Gasteiger charge is -2.30. The summed E-state index contributed by atoms with van der Waals surface area (Å²) in [5.74, 6) is 0.809. The minimum atomic E-state index is -3.73. The normalized spacial score (nSPS) is 20.5. The van der Waals surface area contributed by atoms with Crippen LogP contribution in [0, 0.1) is 11.3 Å². The van der Waals surface area contributed by atoms with Gasteiger partial charge in [0.1, 0.15) is 17.9 Å². The molecule has 0 spiro atoms. The maximum absolute atomic E-state index is 12.6. The van der Waals surface area contributed by atoms with Crippen molar-refractivity contribution >= 4 is 26.8 Å². The number of aromatic nitrogens is 1. The molecule has 3 aromatic rings. The zero-order valence-corrected chi connectivity index (χ0v) is 22.7. The number of fused-ring (bicyclic) bond motifs is 1. The van der Waals surface area contributed by atoms with Crippen molar-refractivity contribution in [2.24, 2.45) is 0 Å². The molecule has 9 nitrogen and oxygen atoms in total. The number of anilines is 1. The smallest absolute Gasteiger partial charge is 0.299 e. The van der Waals surface area contributed by atoms with E-state index < -0.39 is 10.2 Å². The van der Waals surface area contributed by atoms with Crippen LogP contribution in [-0.4, -0.2) is 51.6 Å². The molecular weight excluding hydrogens is 516 g/mol. The van der Waals surface area contributed by atoms with Gasteiger partial charge < -0.3 is 18.8 Å². The summed E-state index contributed by atoms with van der Waals surface area (Å²) in [6, 6.07) is 16.0. The second-order valence-electron chi connectivity index (χ2n) is 10.6. The van der Waals surface area contributed by atoms with Gasteiger partial charge in [-0.05, 0) is 61.9 Å². The molecule has 0 bridgehead atoms. The lowest BCUT2D eigenvalue weighted by atomic mass is 9.92. The van der Waals surface area contributed by atoms with Gasteiger partial charge in [0, 0.05) is 49.2 Å². The van der Waals surface area contributed by atoms with Gasteiger partial charge in [-0.3, -0.25) is 4.72 Å². The molecule has 0 amide bonds. The zero-order valence-electron chi connectivity index (χ0n) is 21.9. The molecule has 3 heterocycles. The molecule has 6 rings (SSSR count). The topological polar surface area (TPSA) is 115 Å². The molecule has 2 N–H and O–H groups in total. The van der Waals surface area contributed by atoms with Gasteiger partial charge in [0.15, 0.2) is 0 Å². The molecule has 10 heteroatoms. The molecule has 39 heavy (non-hydrogen) atoms. The van der Waals surface area contributed by atoms with Crippen molar-refractivity contribution in [3.05, 3.63) is 48.0 Å². The SMILES string of the molecule is N#Cc1c(-c2ccc(NS(=O)(=O)NCC3CCCO3)cc2)n(C2CCC2)c2cc(OC3CCOCC3)ccc12. The van der Waals surface area contributed by atoms with Crippen LogP contribution in [0.4, 0.5) is 5.69 Å². The van der Waals surface area contributed by atoms with Gasteiger partial charge >= 0.3 is 0 Å². The molecule has 1 saturated carbocycles. The molecule has 1 aromatic heterocycles. The molecule has 2 aliphatic heterocycles. The van der Waals surface area contributed by atoms with Crippen molar-refractivity contribution in [3.8, 4) is 23.1 Å². The molecule has 2 saturated heterocycles.